The first-order valence-corrected chi connectivity index (χ1v) is 48.4. The Labute approximate surface area is 803 Å². The Bertz CT molecular complexity index is 4930. The number of likely N-dealkylation sites (tertiary alicyclic amines) is 1. The lowest BCUT2D eigenvalue weighted by Crippen LogP contribution is -2.63. The maximum absolute atomic E-state index is 14.9. The number of fused-ring (bicyclic) bond motifs is 2. The van der Waals surface area contributed by atoms with Gasteiger partial charge in [0.05, 0.1) is 24.9 Å². The highest BCUT2D eigenvalue weighted by Crippen LogP contribution is 2.26. The summed E-state index contributed by atoms with van der Waals surface area (Å²) in [5.41, 5.74) is 14.8. The number of para-hydroxylation sites is 2. The van der Waals surface area contributed by atoms with Gasteiger partial charge >= 0.3 is 5.97 Å². The molecule has 0 radical (unpaired) electrons. The Balaban J connectivity index is 1.14. The number of aromatic amines is 2. The summed E-state index contributed by atoms with van der Waals surface area (Å²) in [6, 6.07) is 0.0179. The Morgan fingerprint density at radius 3 is 1.34 bits per heavy atom. The molecule has 1 aliphatic rings. The number of thioether (sulfide) groups is 1. The molecule has 5 aromatic rings. The van der Waals surface area contributed by atoms with E-state index >= 15 is 0 Å². The second kappa shape index (κ2) is 55.2. The number of aliphatic carboxylic acids is 1. The van der Waals surface area contributed by atoms with Gasteiger partial charge in [0.25, 0.3) is 0 Å². The van der Waals surface area contributed by atoms with E-state index in [1.807, 2.05) is 12.1 Å². The van der Waals surface area contributed by atoms with E-state index in [9.17, 15) is 97.1 Å². The van der Waals surface area contributed by atoms with Gasteiger partial charge in [-0.25, -0.2) is 4.79 Å². The van der Waals surface area contributed by atoms with Crippen LogP contribution in [-0.4, -0.2) is 276 Å². The van der Waals surface area contributed by atoms with E-state index in [2.05, 4.69) is 89.7 Å². The number of carboxylic acid groups (broad SMARTS) is 1. The van der Waals surface area contributed by atoms with Crippen LogP contribution in [0.25, 0.3) is 21.8 Å². The molecule has 1 aliphatic heterocycles. The van der Waals surface area contributed by atoms with Gasteiger partial charge in [-0.05, 0) is 142 Å². The number of nitrogens with zero attached hydrogens (tertiary/aromatic N) is 1. The van der Waals surface area contributed by atoms with Gasteiger partial charge < -0.3 is 127 Å². The number of H-pyrrole nitrogens is 2. The molecule has 20 atom stereocenters. The summed E-state index contributed by atoms with van der Waals surface area (Å²) in [5, 5.41) is 91.9. The van der Waals surface area contributed by atoms with Gasteiger partial charge in [-0.15, -0.1) is 0 Å². The number of carbonyl (C=O) groups is 16. The summed E-state index contributed by atoms with van der Waals surface area (Å²) in [7, 11) is 0. The molecule has 3 heterocycles. The van der Waals surface area contributed by atoms with Crippen molar-refractivity contribution >= 4 is 134 Å². The van der Waals surface area contributed by atoms with Crippen molar-refractivity contribution in [2.24, 2.45) is 47.0 Å². The highest BCUT2D eigenvalue weighted by molar-refractivity contribution is 7.98. The summed E-state index contributed by atoms with van der Waals surface area (Å²) in [6.45, 7) is 23.4. The summed E-state index contributed by atoms with van der Waals surface area (Å²) in [4.78, 5) is 237. The van der Waals surface area contributed by atoms with Crippen molar-refractivity contribution in [2.75, 3.05) is 31.7 Å². The zero-order valence-corrected chi connectivity index (χ0v) is 82.0. The van der Waals surface area contributed by atoms with Crippen LogP contribution in [0.15, 0.2) is 91.3 Å². The quantitative estimate of drug-likeness (QED) is 0.0140. The highest BCUT2D eigenvalue weighted by Gasteiger charge is 2.45. The summed E-state index contributed by atoms with van der Waals surface area (Å²) < 4.78 is 0. The SMILES string of the molecule is CC[C@H](C)[C@H](NC(=O)[C@H](CO)NC(=O)[C@H](Cc1c[nH]c2ccccc12)NC(=O)[C@H](CCSC)NC(=O)[C@@H](NC(=O)[C@H](Cc1c[nH]c2ccccc12)NC(=O)[C@@H](N)CCCNC(=N)N)[C@@H](C)O)C(=O)N[C@@H](CC(C)C)C(=O)N[C@H](C(=O)N[C@H](C(=O)N1CCC[C@H]1C(=O)N[C@@H](CC(C)C)C(=O)N[C@H](C(=O)N[C@H](C(=O)N[C@@H](C)C(=O)N[C@@H](Cc1ccccc1)C(=O)O)C(C)C)[C@@H](C)CC)C(C)C)[C@@H](C)O. The fourth-order valence-electron chi connectivity index (χ4n) is 15.8. The number of benzene rings is 3. The second-order valence-corrected chi connectivity index (χ2v) is 38.0. The normalized spacial score (nSPS) is 16.8. The van der Waals surface area contributed by atoms with Gasteiger partial charge in [0, 0.05) is 66.6 Å². The topological polar surface area (TPSA) is 645 Å². The molecule has 26 N–H and O–H groups in total. The third-order valence-electron chi connectivity index (χ3n) is 24.2. The molecule has 0 spiro atoms. The molecule has 2 aromatic heterocycles. The van der Waals surface area contributed by atoms with E-state index in [0.29, 0.717) is 46.9 Å². The zero-order chi connectivity index (χ0) is 102. The molecule has 3 aromatic carbocycles. The Kier molecular flexibility index (Phi) is 45.7. The molecule has 0 saturated carbocycles. The molecule has 42 heteroatoms. The van der Waals surface area contributed by atoms with Gasteiger partial charge in [-0.1, -0.05) is 163 Å². The lowest BCUT2D eigenvalue weighted by atomic mass is 9.95. The minimum absolute atomic E-state index is 0.0297. The van der Waals surface area contributed by atoms with E-state index in [0.717, 1.165) is 10.9 Å². The molecule has 0 bridgehead atoms. The van der Waals surface area contributed by atoms with Crippen LogP contribution in [0.2, 0.25) is 0 Å². The van der Waals surface area contributed by atoms with E-state index in [4.69, 9.17) is 16.9 Å². The third kappa shape index (κ3) is 34.4. The van der Waals surface area contributed by atoms with Crippen LogP contribution in [-0.2, 0) is 96.0 Å². The van der Waals surface area contributed by atoms with E-state index < -0.39 is 234 Å². The van der Waals surface area contributed by atoms with Crippen LogP contribution in [0.5, 0.6) is 0 Å². The summed E-state index contributed by atoms with van der Waals surface area (Å²) in [6.07, 6.45) is 2.70. The molecule has 137 heavy (non-hydrogen) atoms. The molecule has 1 fully saturated rings. The number of carboxylic acids is 1. The van der Waals surface area contributed by atoms with E-state index in [1.54, 1.807) is 168 Å². The lowest BCUT2D eigenvalue weighted by Gasteiger charge is -2.33. The first-order chi connectivity index (χ1) is 64.7. The van der Waals surface area contributed by atoms with Crippen LogP contribution in [0.1, 0.15) is 178 Å². The number of guanidine groups is 1. The van der Waals surface area contributed by atoms with Crippen molar-refractivity contribution in [2.45, 2.75) is 290 Å². The smallest absolute Gasteiger partial charge is 0.326 e. The van der Waals surface area contributed by atoms with Crippen LogP contribution in [0.4, 0.5) is 0 Å². The molecule has 6 rings (SSSR count). The van der Waals surface area contributed by atoms with Crippen molar-refractivity contribution in [3.8, 4) is 0 Å². The molecular formula is C95H145N21O20S. The molecule has 1 saturated heterocycles. The standard InChI is InChI=1S/C95H145N21O20S/c1-17-52(11)75(113-86(127)71(47-117)109-82(123)68(43-58-45-100-63-33-24-22-30-60(58)63)105-81(122)65(36-39-137-16)103-91(132)77(55(14)118)114-85(126)69(44-59-46-101-64-34-25-23-31-61(59)64)104-80(121)62(96)32-26-37-99-95(97)98)89(130)107-67(41-49(5)6)84(125)115-78(56(15)119)92(133)111-74(51(9)10)93(134)116-38-27-35-72(116)87(128)106-66(40-48(3)4)83(124)112-76(53(12)18-2)90(131)110-73(50(7)8)88(129)102-54(13)79(120)108-70(94(135)136)42-57-28-20-19-21-29-57/h19-25,28-31,33-34,45-46,48-56,62,65-78,100-101,117-119H,17-18,26-27,32,35-44,47,96H2,1-16H3,(H,102,129)(H,103,132)(H,104,121)(H,105,122)(H,106,128)(H,107,130)(H,108,120)(H,109,123)(H,110,131)(H,111,133)(H,112,124)(H,113,127)(H,114,126)(H,115,125)(H,135,136)(H4,97,98,99)/t52-,53-,54-,55+,56+,62-,65-,66-,67-,68-,69-,70-,71-,72-,73-,74-,75-,76-,77-,78-/m0/s1. The van der Waals surface area contributed by atoms with E-state index in [-0.39, 0.29) is 94.4 Å². The van der Waals surface area contributed by atoms with Gasteiger partial charge in [-0.2, -0.15) is 11.8 Å². The molecule has 41 nitrogen and oxygen atoms in total. The number of nitrogens with one attached hydrogen (secondary N) is 18. The van der Waals surface area contributed by atoms with Crippen molar-refractivity contribution in [1.29, 1.82) is 5.41 Å². The molecular weight excluding hydrogens is 1790 g/mol. The van der Waals surface area contributed by atoms with E-state index in [1.165, 1.54) is 37.4 Å². The average Bonchev–Trinajstić information content (AvgIpc) is 1.80. The Morgan fingerprint density at radius 1 is 0.460 bits per heavy atom. The van der Waals surface area contributed by atoms with Crippen molar-refractivity contribution in [1.82, 2.24) is 94.6 Å². The summed E-state index contributed by atoms with van der Waals surface area (Å²) in [5.74, 6) is -17.6. The molecule has 756 valence electrons. The fraction of sp³-hybridized carbons (Fsp3) is 0.589. The highest BCUT2D eigenvalue weighted by atomic mass is 32.2. The van der Waals surface area contributed by atoms with Crippen LogP contribution < -0.4 is 91.2 Å². The van der Waals surface area contributed by atoms with Crippen LogP contribution in [0, 0.1) is 40.9 Å². The maximum atomic E-state index is 14.9. The first-order valence-electron chi connectivity index (χ1n) is 47.0. The second-order valence-electron chi connectivity index (χ2n) is 37.0. The van der Waals surface area contributed by atoms with Gasteiger partial charge in [0.2, 0.25) is 88.6 Å². The third-order valence-corrected chi connectivity index (χ3v) is 24.9. The number of hydrogen-bond acceptors (Lipinski definition) is 22. The average molecular weight is 1930 g/mol. The monoisotopic (exact) mass is 1930 g/mol. The number of aromatic nitrogens is 2. The van der Waals surface area contributed by atoms with Crippen molar-refractivity contribution < 1.29 is 97.1 Å². The number of rotatable bonds is 56. The molecule has 15 amide bonds. The largest absolute Gasteiger partial charge is 0.480 e. The van der Waals surface area contributed by atoms with Gasteiger partial charge in [0.1, 0.15) is 90.6 Å². The number of nitrogens with two attached hydrogens (primary N) is 2. The zero-order valence-electron chi connectivity index (χ0n) is 81.2. The number of carbonyl (C=O) groups excluding carboxylic acids is 15. The van der Waals surface area contributed by atoms with Gasteiger partial charge in [-0.3, -0.25) is 77.3 Å². The van der Waals surface area contributed by atoms with Crippen LogP contribution in [0.3, 0.4) is 0 Å². The number of amides is 15. The van der Waals surface area contributed by atoms with Crippen molar-refractivity contribution in [3.63, 3.8) is 0 Å². The fourth-order valence-corrected chi connectivity index (χ4v) is 16.3. The molecule has 0 unspecified atom stereocenters. The van der Waals surface area contributed by atoms with Crippen molar-refractivity contribution in [3.05, 3.63) is 108 Å². The lowest BCUT2D eigenvalue weighted by molar-refractivity contribution is -0.144. The minimum atomic E-state index is -1.83. The van der Waals surface area contributed by atoms with Crippen LogP contribution >= 0.6 is 11.8 Å². The first kappa shape index (κ1) is 113. The summed E-state index contributed by atoms with van der Waals surface area (Å²) >= 11 is 1.30. The predicted octanol–water partition coefficient (Wildman–Crippen LogP) is 0.154. The number of aliphatic hydroxyl groups is 3. The van der Waals surface area contributed by atoms with Gasteiger partial charge in [0.15, 0.2) is 5.96 Å². The maximum Gasteiger partial charge on any atom is 0.326 e. The number of aliphatic hydroxyl groups excluding tert-OH is 3. The Morgan fingerprint density at radius 2 is 0.861 bits per heavy atom. The number of hydrogen-bond donors (Lipinski definition) is 24. The minimum Gasteiger partial charge on any atom is -0.480 e. The Hall–Kier alpha value is -12.3. The molecule has 0 aliphatic carbocycles. The predicted molar refractivity (Wildman–Crippen MR) is 517 cm³/mol.